The molecule has 0 aliphatic carbocycles. The number of benzene rings is 2. The molecule has 6 heteroatoms. The minimum absolute atomic E-state index is 0.303. The first kappa shape index (κ1) is 19.4. The van der Waals surface area contributed by atoms with Crippen LogP contribution in [0.1, 0.15) is 30.0 Å². The van der Waals surface area contributed by atoms with Gasteiger partial charge >= 0.3 is 0 Å². The molecule has 6 nitrogen and oxygen atoms in total. The van der Waals surface area contributed by atoms with Gasteiger partial charge in [0.1, 0.15) is 11.4 Å². The van der Waals surface area contributed by atoms with Crippen molar-refractivity contribution in [2.45, 2.75) is 20.8 Å². The molecular weight excluding hydrogens is 352 g/mol. The fourth-order valence-electron chi connectivity index (χ4n) is 2.87. The lowest BCUT2D eigenvalue weighted by Gasteiger charge is -2.21. The Hall–Kier alpha value is -3.41. The quantitative estimate of drug-likeness (QED) is 0.653. The number of amides is 1. The maximum absolute atomic E-state index is 12.8. The molecule has 0 aliphatic rings. The number of aryl methyl sites for hydroxylation is 1. The lowest BCUT2D eigenvalue weighted by molar-refractivity contribution is 0.102. The molecule has 0 aliphatic heterocycles. The molecule has 1 N–H and O–H groups in total. The number of para-hydroxylation sites is 3. The third-order valence-electron chi connectivity index (χ3n) is 4.14. The molecule has 28 heavy (non-hydrogen) atoms. The van der Waals surface area contributed by atoms with Crippen LogP contribution in [0.5, 0.6) is 5.75 Å². The van der Waals surface area contributed by atoms with Crippen LogP contribution in [0.2, 0.25) is 0 Å². The molecule has 0 saturated carbocycles. The Balaban J connectivity index is 1.90. The highest BCUT2D eigenvalue weighted by molar-refractivity contribution is 6.04. The van der Waals surface area contributed by atoms with E-state index in [0.717, 1.165) is 11.4 Å². The fraction of sp³-hybridized carbons (Fsp3) is 0.227. The normalized spacial score (nSPS) is 10.4. The summed E-state index contributed by atoms with van der Waals surface area (Å²) in [7, 11) is 0. The molecule has 2 aromatic carbocycles. The van der Waals surface area contributed by atoms with Crippen LogP contribution in [0.25, 0.3) is 0 Å². The topological polar surface area (TPSA) is 67.3 Å². The van der Waals surface area contributed by atoms with Crippen LogP contribution in [-0.2, 0) is 0 Å². The van der Waals surface area contributed by atoms with Crippen LogP contribution in [0.3, 0.4) is 0 Å². The van der Waals surface area contributed by atoms with Crippen molar-refractivity contribution in [2.24, 2.45) is 0 Å². The average molecular weight is 376 g/mol. The van der Waals surface area contributed by atoms with Gasteiger partial charge in [-0.15, -0.1) is 0 Å². The Morgan fingerprint density at radius 3 is 2.46 bits per heavy atom. The van der Waals surface area contributed by atoms with E-state index in [1.165, 1.54) is 0 Å². The van der Waals surface area contributed by atoms with Crippen molar-refractivity contribution in [3.63, 3.8) is 0 Å². The lowest BCUT2D eigenvalue weighted by Crippen LogP contribution is -2.22. The van der Waals surface area contributed by atoms with Gasteiger partial charge in [0, 0.05) is 17.9 Å². The fourth-order valence-corrected chi connectivity index (χ4v) is 2.87. The van der Waals surface area contributed by atoms with E-state index in [4.69, 9.17) is 4.74 Å². The summed E-state index contributed by atoms with van der Waals surface area (Å²) in [5.41, 5.74) is 2.62. The summed E-state index contributed by atoms with van der Waals surface area (Å²) in [6.45, 7) is 6.99. The number of carbonyl (C=O) groups excluding carboxylic acids is 1. The first-order valence-electron chi connectivity index (χ1n) is 9.33. The van der Waals surface area contributed by atoms with Gasteiger partial charge in [0.2, 0.25) is 5.95 Å². The second-order valence-electron chi connectivity index (χ2n) is 6.16. The highest BCUT2D eigenvalue weighted by Gasteiger charge is 2.16. The van der Waals surface area contributed by atoms with Crippen LogP contribution >= 0.6 is 0 Å². The van der Waals surface area contributed by atoms with Crippen LogP contribution in [0, 0.1) is 6.92 Å². The number of carbonyl (C=O) groups is 1. The zero-order valence-electron chi connectivity index (χ0n) is 16.3. The Morgan fingerprint density at radius 1 is 1.04 bits per heavy atom. The van der Waals surface area contributed by atoms with Gasteiger partial charge in [0.15, 0.2) is 0 Å². The van der Waals surface area contributed by atoms with Crippen molar-refractivity contribution >= 4 is 23.2 Å². The Kier molecular flexibility index (Phi) is 6.22. The van der Waals surface area contributed by atoms with Gasteiger partial charge in [0.05, 0.1) is 12.3 Å². The van der Waals surface area contributed by atoms with Gasteiger partial charge in [-0.2, -0.15) is 0 Å². The molecule has 3 rings (SSSR count). The summed E-state index contributed by atoms with van der Waals surface area (Å²) in [5.74, 6) is 0.823. The molecule has 1 heterocycles. The minimum Gasteiger partial charge on any atom is -0.492 e. The van der Waals surface area contributed by atoms with E-state index >= 15 is 0 Å². The SMILES string of the molecule is CCOc1ccccc1NC(=O)c1cc(C)nc(N(CC)c2ccccc2)n1. The second-order valence-corrected chi connectivity index (χ2v) is 6.16. The predicted molar refractivity (Wildman–Crippen MR) is 111 cm³/mol. The summed E-state index contributed by atoms with van der Waals surface area (Å²) in [5, 5.41) is 2.89. The molecule has 144 valence electrons. The number of nitrogens with one attached hydrogen (secondary N) is 1. The third-order valence-corrected chi connectivity index (χ3v) is 4.14. The first-order valence-corrected chi connectivity index (χ1v) is 9.33. The Morgan fingerprint density at radius 2 is 1.75 bits per heavy atom. The maximum Gasteiger partial charge on any atom is 0.274 e. The molecule has 0 bridgehead atoms. The van der Waals surface area contributed by atoms with E-state index in [0.29, 0.717) is 36.2 Å². The second kappa shape index (κ2) is 8.99. The summed E-state index contributed by atoms with van der Waals surface area (Å²) in [4.78, 5) is 23.9. The largest absolute Gasteiger partial charge is 0.492 e. The maximum atomic E-state index is 12.8. The number of nitrogens with zero attached hydrogens (tertiary/aromatic N) is 3. The third kappa shape index (κ3) is 4.46. The Bertz CT molecular complexity index is 944. The molecule has 0 spiro atoms. The smallest absolute Gasteiger partial charge is 0.274 e. The van der Waals surface area contributed by atoms with E-state index in [9.17, 15) is 4.79 Å². The van der Waals surface area contributed by atoms with Crippen molar-refractivity contribution in [3.05, 3.63) is 72.1 Å². The zero-order valence-corrected chi connectivity index (χ0v) is 16.3. The van der Waals surface area contributed by atoms with Crippen molar-refractivity contribution < 1.29 is 9.53 Å². The van der Waals surface area contributed by atoms with Crippen LogP contribution in [-0.4, -0.2) is 29.0 Å². The molecule has 0 radical (unpaired) electrons. The van der Waals surface area contributed by atoms with Gasteiger partial charge in [-0.05, 0) is 51.1 Å². The first-order chi connectivity index (χ1) is 13.6. The highest BCUT2D eigenvalue weighted by Crippen LogP contribution is 2.25. The average Bonchev–Trinajstić information content (AvgIpc) is 2.70. The number of hydrogen-bond donors (Lipinski definition) is 1. The standard InChI is InChI=1S/C22H24N4O2/c1-4-26(17-11-7-6-8-12-17)22-23-16(3)15-19(25-22)21(27)24-18-13-9-10-14-20(18)28-5-2/h6-15H,4-5H2,1-3H3,(H,24,27). The summed E-state index contributed by atoms with van der Waals surface area (Å²) in [6.07, 6.45) is 0. The van der Waals surface area contributed by atoms with Crippen molar-refractivity contribution in [1.82, 2.24) is 9.97 Å². The van der Waals surface area contributed by atoms with Gasteiger partial charge < -0.3 is 15.0 Å². The van der Waals surface area contributed by atoms with Gasteiger partial charge in [-0.3, -0.25) is 4.79 Å². The van der Waals surface area contributed by atoms with Crippen LogP contribution in [0.4, 0.5) is 17.3 Å². The Labute approximate surface area is 165 Å². The molecule has 0 atom stereocenters. The lowest BCUT2D eigenvalue weighted by atomic mass is 10.2. The molecule has 0 fully saturated rings. The molecule has 1 amide bonds. The highest BCUT2D eigenvalue weighted by atomic mass is 16.5. The van der Waals surface area contributed by atoms with Gasteiger partial charge in [-0.1, -0.05) is 30.3 Å². The molecule has 0 saturated heterocycles. The van der Waals surface area contributed by atoms with Crippen molar-refractivity contribution in [1.29, 1.82) is 0 Å². The van der Waals surface area contributed by atoms with Crippen molar-refractivity contribution in [2.75, 3.05) is 23.4 Å². The number of hydrogen-bond acceptors (Lipinski definition) is 5. The van der Waals surface area contributed by atoms with Crippen molar-refractivity contribution in [3.8, 4) is 5.75 Å². The van der Waals surface area contributed by atoms with Gasteiger partial charge in [-0.25, -0.2) is 9.97 Å². The summed E-state index contributed by atoms with van der Waals surface area (Å²) >= 11 is 0. The van der Waals surface area contributed by atoms with E-state index in [1.54, 1.807) is 12.1 Å². The molecule has 3 aromatic rings. The zero-order chi connectivity index (χ0) is 19.9. The molecular formula is C22H24N4O2. The van der Waals surface area contributed by atoms with E-state index in [-0.39, 0.29) is 5.91 Å². The van der Waals surface area contributed by atoms with Crippen LogP contribution in [0.15, 0.2) is 60.7 Å². The summed E-state index contributed by atoms with van der Waals surface area (Å²) in [6, 6.07) is 18.9. The van der Waals surface area contributed by atoms with E-state index in [2.05, 4.69) is 15.3 Å². The molecule has 0 unspecified atom stereocenters. The number of anilines is 3. The predicted octanol–water partition coefficient (Wildman–Crippen LogP) is 4.59. The van der Waals surface area contributed by atoms with E-state index < -0.39 is 0 Å². The monoisotopic (exact) mass is 376 g/mol. The van der Waals surface area contributed by atoms with E-state index in [1.807, 2.05) is 74.2 Å². The minimum atomic E-state index is -0.303. The number of aromatic nitrogens is 2. The summed E-state index contributed by atoms with van der Waals surface area (Å²) < 4.78 is 5.58. The van der Waals surface area contributed by atoms with Gasteiger partial charge in [0.25, 0.3) is 5.91 Å². The number of ether oxygens (including phenoxy) is 1. The number of rotatable bonds is 7. The molecule has 1 aromatic heterocycles. The van der Waals surface area contributed by atoms with Crippen LogP contribution < -0.4 is 15.0 Å².